The zero-order chi connectivity index (χ0) is 14.6. The number of carbonyl (C=O) groups excluding carboxylic acids is 1. The number of hydrogen-bond donors (Lipinski definition) is 1. The van der Waals surface area contributed by atoms with E-state index in [9.17, 15) is 9.59 Å². The first-order valence-corrected chi connectivity index (χ1v) is 7.17. The lowest BCUT2D eigenvalue weighted by atomic mass is 9.63. The largest absolute Gasteiger partial charge is 0.481 e. The van der Waals surface area contributed by atoms with Crippen LogP contribution in [-0.2, 0) is 15.0 Å². The first-order chi connectivity index (χ1) is 9.60. The molecule has 4 nitrogen and oxygen atoms in total. The van der Waals surface area contributed by atoms with Gasteiger partial charge in [0.05, 0.1) is 11.8 Å². The van der Waals surface area contributed by atoms with Gasteiger partial charge in [-0.2, -0.15) is 0 Å². The van der Waals surface area contributed by atoms with Gasteiger partial charge in [-0.3, -0.25) is 9.59 Å². The number of aliphatic carboxylic acids is 1. The van der Waals surface area contributed by atoms with E-state index in [4.69, 9.17) is 5.11 Å². The number of likely N-dealkylation sites (N-methyl/N-ethyl adjacent to an activating group) is 1. The molecule has 0 atom stereocenters. The maximum Gasteiger partial charge on any atom is 0.305 e. The van der Waals surface area contributed by atoms with E-state index in [2.05, 4.69) is 0 Å². The van der Waals surface area contributed by atoms with E-state index in [1.807, 2.05) is 37.3 Å². The molecule has 108 valence electrons. The first-order valence-electron chi connectivity index (χ1n) is 7.17. The van der Waals surface area contributed by atoms with E-state index in [0.29, 0.717) is 13.1 Å². The Morgan fingerprint density at radius 3 is 2.35 bits per heavy atom. The van der Waals surface area contributed by atoms with Gasteiger partial charge in [-0.25, -0.2) is 0 Å². The predicted molar refractivity (Wildman–Crippen MR) is 76.5 cm³/mol. The highest BCUT2D eigenvalue weighted by Gasteiger charge is 2.47. The molecule has 0 spiro atoms. The van der Waals surface area contributed by atoms with E-state index in [-0.39, 0.29) is 12.3 Å². The Kier molecular flexibility index (Phi) is 4.42. The van der Waals surface area contributed by atoms with Crippen LogP contribution in [0.2, 0.25) is 0 Å². The van der Waals surface area contributed by atoms with Gasteiger partial charge in [0, 0.05) is 13.1 Å². The van der Waals surface area contributed by atoms with Crippen molar-refractivity contribution in [3.05, 3.63) is 35.9 Å². The van der Waals surface area contributed by atoms with E-state index in [0.717, 1.165) is 24.8 Å². The normalized spacial score (nSPS) is 16.2. The van der Waals surface area contributed by atoms with Crippen molar-refractivity contribution < 1.29 is 14.7 Å². The lowest BCUT2D eigenvalue weighted by Gasteiger charge is -2.43. The van der Waals surface area contributed by atoms with Gasteiger partial charge in [-0.05, 0) is 25.3 Å². The molecule has 20 heavy (non-hydrogen) atoms. The molecule has 1 N–H and O–H groups in total. The molecular formula is C16H21NO3. The maximum absolute atomic E-state index is 12.8. The van der Waals surface area contributed by atoms with Crippen molar-refractivity contribution in [2.75, 3.05) is 13.1 Å². The van der Waals surface area contributed by atoms with Crippen molar-refractivity contribution in [3.8, 4) is 0 Å². The molecule has 0 aliphatic heterocycles. The SMILES string of the molecule is CCN(CCC(=O)O)C(=O)C1(c2ccccc2)CCC1. The monoisotopic (exact) mass is 275 g/mol. The van der Waals surface area contributed by atoms with Crippen molar-refractivity contribution in [1.82, 2.24) is 4.90 Å². The summed E-state index contributed by atoms with van der Waals surface area (Å²) in [7, 11) is 0. The first kappa shape index (κ1) is 14.6. The molecule has 0 unspecified atom stereocenters. The second-order valence-corrected chi connectivity index (χ2v) is 5.33. The number of nitrogens with zero attached hydrogens (tertiary/aromatic N) is 1. The van der Waals surface area contributed by atoms with E-state index >= 15 is 0 Å². The Bertz CT molecular complexity index is 480. The minimum absolute atomic E-state index is 0.00441. The van der Waals surface area contributed by atoms with Crippen molar-refractivity contribution in [2.45, 2.75) is 38.0 Å². The molecule has 0 heterocycles. The standard InChI is InChI=1S/C16H21NO3/c1-2-17(12-9-14(18)19)15(20)16(10-6-11-16)13-7-4-3-5-8-13/h3-5,7-8H,2,6,9-12H2,1H3,(H,18,19). The van der Waals surface area contributed by atoms with Crippen LogP contribution in [0.4, 0.5) is 0 Å². The van der Waals surface area contributed by atoms with Gasteiger partial charge in [-0.15, -0.1) is 0 Å². The van der Waals surface area contributed by atoms with Crippen molar-refractivity contribution in [2.24, 2.45) is 0 Å². The highest BCUT2D eigenvalue weighted by atomic mass is 16.4. The molecule has 0 saturated heterocycles. The molecule has 1 aliphatic rings. The number of carboxylic acids is 1. The van der Waals surface area contributed by atoms with Crippen LogP contribution < -0.4 is 0 Å². The smallest absolute Gasteiger partial charge is 0.305 e. The summed E-state index contributed by atoms with van der Waals surface area (Å²) in [6.45, 7) is 2.75. The maximum atomic E-state index is 12.8. The van der Waals surface area contributed by atoms with E-state index < -0.39 is 11.4 Å². The minimum Gasteiger partial charge on any atom is -0.481 e. The molecule has 1 saturated carbocycles. The minimum atomic E-state index is -0.862. The fourth-order valence-electron chi connectivity index (χ4n) is 2.85. The van der Waals surface area contributed by atoms with Gasteiger partial charge in [0.1, 0.15) is 0 Å². The van der Waals surface area contributed by atoms with Crippen LogP contribution >= 0.6 is 0 Å². The Balaban J connectivity index is 2.18. The highest BCUT2D eigenvalue weighted by molar-refractivity contribution is 5.89. The summed E-state index contributed by atoms with van der Waals surface area (Å²) in [6.07, 6.45) is 2.78. The zero-order valence-corrected chi connectivity index (χ0v) is 11.8. The summed E-state index contributed by atoms with van der Waals surface area (Å²) in [5.41, 5.74) is 0.639. The molecule has 0 radical (unpaired) electrons. The highest BCUT2D eigenvalue weighted by Crippen LogP contribution is 2.45. The van der Waals surface area contributed by atoms with Crippen LogP contribution in [0.1, 0.15) is 38.2 Å². The second-order valence-electron chi connectivity index (χ2n) is 5.33. The number of rotatable bonds is 6. The molecule has 0 bridgehead atoms. The van der Waals surface area contributed by atoms with Crippen LogP contribution in [0.15, 0.2) is 30.3 Å². The van der Waals surface area contributed by atoms with Gasteiger partial charge >= 0.3 is 5.97 Å². The number of benzene rings is 1. The molecule has 1 fully saturated rings. The van der Waals surface area contributed by atoms with Gasteiger partial charge < -0.3 is 10.0 Å². The van der Waals surface area contributed by atoms with Crippen LogP contribution in [-0.4, -0.2) is 35.0 Å². The predicted octanol–water partition coefficient (Wildman–Crippen LogP) is 2.43. The summed E-state index contributed by atoms with van der Waals surface area (Å²) in [5.74, 6) is -0.780. The molecular weight excluding hydrogens is 254 g/mol. The number of hydrogen-bond acceptors (Lipinski definition) is 2. The van der Waals surface area contributed by atoms with Crippen LogP contribution in [0, 0.1) is 0 Å². The van der Waals surface area contributed by atoms with Crippen molar-refractivity contribution in [3.63, 3.8) is 0 Å². The summed E-state index contributed by atoms with van der Waals surface area (Å²) in [4.78, 5) is 25.2. The van der Waals surface area contributed by atoms with Crippen LogP contribution in [0.5, 0.6) is 0 Å². The third kappa shape index (κ3) is 2.69. The van der Waals surface area contributed by atoms with E-state index in [1.165, 1.54) is 0 Å². The molecule has 1 amide bonds. The third-order valence-corrected chi connectivity index (χ3v) is 4.21. The Hall–Kier alpha value is -1.84. The molecule has 1 aromatic carbocycles. The van der Waals surface area contributed by atoms with Crippen LogP contribution in [0.25, 0.3) is 0 Å². The van der Waals surface area contributed by atoms with Gasteiger partial charge in [-0.1, -0.05) is 36.8 Å². The molecule has 2 rings (SSSR count). The topological polar surface area (TPSA) is 57.6 Å². The molecule has 1 aromatic rings. The Labute approximate surface area is 119 Å². The molecule has 0 aromatic heterocycles. The summed E-state index contributed by atoms with van der Waals surface area (Å²) in [5, 5.41) is 8.79. The number of carboxylic acid groups (broad SMARTS) is 1. The zero-order valence-electron chi connectivity index (χ0n) is 11.8. The van der Waals surface area contributed by atoms with Gasteiger partial charge in [0.15, 0.2) is 0 Å². The fraction of sp³-hybridized carbons (Fsp3) is 0.500. The number of carbonyl (C=O) groups is 2. The Morgan fingerprint density at radius 2 is 1.90 bits per heavy atom. The average molecular weight is 275 g/mol. The lowest BCUT2D eigenvalue weighted by Crippen LogP contribution is -2.51. The lowest BCUT2D eigenvalue weighted by molar-refractivity contribution is -0.142. The average Bonchev–Trinajstić information content (AvgIpc) is 2.39. The Morgan fingerprint density at radius 1 is 1.25 bits per heavy atom. The van der Waals surface area contributed by atoms with Crippen molar-refractivity contribution >= 4 is 11.9 Å². The van der Waals surface area contributed by atoms with Gasteiger partial charge in [0.25, 0.3) is 0 Å². The van der Waals surface area contributed by atoms with Crippen LogP contribution in [0.3, 0.4) is 0 Å². The fourth-order valence-corrected chi connectivity index (χ4v) is 2.85. The summed E-state index contributed by atoms with van der Waals surface area (Å²) in [6, 6.07) is 9.86. The molecule has 1 aliphatic carbocycles. The third-order valence-electron chi connectivity index (χ3n) is 4.21. The summed E-state index contributed by atoms with van der Waals surface area (Å²) < 4.78 is 0. The summed E-state index contributed by atoms with van der Waals surface area (Å²) >= 11 is 0. The second kappa shape index (κ2) is 6.07. The van der Waals surface area contributed by atoms with Gasteiger partial charge in [0.2, 0.25) is 5.91 Å². The number of amides is 1. The molecule has 4 heteroatoms. The van der Waals surface area contributed by atoms with Crippen molar-refractivity contribution in [1.29, 1.82) is 0 Å². The van der Waals surface area contributed by atoms with E-state index in [1.54, 1.807) is 4.90 Å². The quantitative estimate of drug-likeness (QED) is 0.867.